The van der Waals surface area contributed by atoms with Crippen LogP contribution < -0.4 is 4.90 Å². The maximum absolute atomic E-state index is 11.3. The van der Waals surface area contributed by atoms with Gasteiger partial charge >= 0.3 is 0 Å². The average Bonchev–Trinajstić information content (AvgIpc) is 2.34. The first-order valence-corrected chi connectivity index (χ1v) is 5.35. The Labute approximate surface area is 105 Å². The number of nitro groups is 1. The summed E-state index contributed by atoms with van der Waals surface area (Å²) >= 11 is 0. The summed E-state index contributed by atoms with van der Waals surface area (Å²) in [6, 6.07) is 6.44. The Morgan fingerprint density at radius 2 is 2.22 bits per heavy atom. The minimum absolute atomic E-state index is 0.0948. The lowest BCUT2D eigenvalue weighted by Gasteiger charge is -2.17. The van der Waals surface area contributed by atoms with Gasteiger partial charge in [0.1, 0.15) is 0 Å². The van der Waals surface area contributed by atoms with Gasteiger partial charge in [0.25, 0.3) is 5.69 Å². The number of benzene rings is 1. The minimum Gasteiger partial charge on any atom is -0.373 e. The van der Waals surface area contributed by atoms with Gasteiger partial charge in [-0.25, -0.2) is 0 Å². The van der Waals surface area contributed by atoms with Crippen LogP contribution in [0.3, 0.4) is 0 Å². The molecule has 1 aromatic rings. The molecule has 94 valence electrons. The van der Waals surface area contributed by atoms with Crippen molar-refractivity contribution in [1.82, 2.24) is 0 Å². The molecule has 6 heteroatoms. The van der Waals surface area contributed by atoms with Gasteiger partial charge in [0.05, 0.1) is 23.0 Å². The molecule has 0 spiro atoms. The zero-order chi connectivity index (χ0) is 13.7. The van der Waals surface area contributed by atoms with E-state index in [2.05, 4.69) is 0 Å². The van der Waals surface area contributed by atoms with Crippen LogP contribution in [-0.2, 0) is 0 Å². The van der Waals surface area contributed by atoms with Gasteiger partial charge in [0, 0.05) is 25.3 Å². The van der Waals surface area contributed by atoms with Gasteiger partial charge in [0.2, 0.25) is 0 Å². The van der Waals surface area contributed by atoms with Crippen molar-refractivity contribution in [3.05, 3.63) is 33.9 Å². The zero-order valence-corrected chi connectivity index (χ0v) is 10.2. The maximum atomic E-state index is 11.3. The van der Waals surface area contributed by atoms with Crippen LogP contribution >= 0.6 is 0 Å². The van der Waals surface area contributed by atoms with E-state index in [1.54, 1.807) is 18.0 Å². The first-order valence-electron chi connectivity index (χ1n) is 5.35. The number of nitrogens with zero attached hydrogens (tertiary/aromatic N) is 3. The number of carbonyl (C=O) groups excluding carboxylic acids is 1. The molecule has 6 nitrogen and oxygen atoms in total. The standard InChI is InChI=1S/C12H13N3O3/c1-9(16)11-5-4-10(8-12(11)15(17)18)14(2)7-3-6-13/h4-5,8H,3,7H2,1-2H3. The molecule has 0 aliphatic carbocycles. The fourth-order valence-corrected chi connectivity index (χ4v) is 1.55. The summed E-state index contributed by atoms with van der Waals surface area (Å²) in [6.45, 7) is 1.77. The molecular formula is C12H13N3O3. The second-order valence-corrected chi connectivity index (χ2v) is 3.84. The van der Waals surface area contributed by atoms with Crippen molar-refractivity contribution in [1.29, 1.82) is 5.26 Å². The lowest BCUT2D eigenvalue weighted by molar-refractivity contribution is -0.385. The van der Waals surface area contributed by atoms with Gasteiger partial charge in [-0.3, -0.25) is 14.9 Å². The van der Waals surface area contributed by atoms with Crippen LogP contribution in [0.15, 0.2) is 18.2 Å². The third-order valence-electron chi connectivity index (χ3n) is 2.56. The van der Waals surface area contributed by atoms with Gasteiger partial charge in [0.15, 0.2) is 5.78 Å². The Morgan fingerprint density at radius 3 is 2.72 bits per heavy atom. The van der Waals surface area contributed by atoms with Crippen molar-refractivity contribution in [2.45, 2.75) is 13.3 Å². The SMILES string of the molecule is CC(=O)c1ccc(N(C)CCC#N)cc1[N+](=O)[O-]. The third kappa shape index (κ3) is 3.04. The van der Waals surface area contributed by atoms with Crippen LogP contribution in [0.5, 0.6) is 0 Å². The van der Waals surface area contributed by atoms with Crippen molar-refractivity contribution in [3.63, 3.8) is 0 Å². The molecule has 0 saturated heterocycles. The van der Waals surface area contributed by atoms with E-state index in [4.69, 9.17) is 5.26 Å². The molecule has 0 fully saturated rings. The summed E-state index contributed by atoms with van der Waals surface area (Å²) in [7, 11) is 1.74. The van der Waals surface area contributed by atoms with E-state index in [1.807, 2.05) is 6.07 Å². The molecule has 1 aromatic carbocycles. The molecular weight excluding hydrogens is 234 g/mol. The maximum Gasteiger partial charge on any atom is 0.282 e. The number of ketones is 1. The molecule has 0 aliphatic rings. The highest BCUT2D eigenvalue weighted by molar-refractivity contribution is 5.98. The van der Waals surface area contributed by atoms with E-state index in [0.717, 1.165) is 0 Å². The third-order valence-corrected chi connectivity index (χ3v) is 2.56. The lowest BCUT2D eigenvalue weighted by atomic mass is 10.1. The van der Waals surface area contributed by atoms with Gasteiger partial charge in [-0.2, -0.15) is 5.26 Å². The number of anilines is 1. The number of hydrogen-bond acceptors (Lipinski definition) is 5. The zero-order valence-electron chi connectivity index (χ0n) is 10.2. The summed E-state index contributed by atoms with van der Waals surface area (Å²) in [5.41, 5.74) is 0.503. The molecule has 0 bridgehead atoms. The molecule has 0 unspecified atom stereocenters. The van der Waals surface area contributed by atoms with Gasteiger partial charge in [-0.1, -0.05) is 0 Å². The van der Waals surface area contributed by atoms with Gasteiger partial charge in [-0.05, 0) is 19.1 Å². The number of Topliss-reactive ketones (excluding diaryl/α,β-unsaturated/α-hetero) is 1. The molecule has 0 N–H and O–H groups in total. The molecule has 0 amide bonds. The van der Waals surface area contributed by atoms with Crippen molar-refractivity contribution in [2.24, 2.45) is 0 Å². The predicted octanol–water partition coefficient (Wildman–Crippen LogP) is 2.15. The second-order valence-electron chi connectivity index (χ2n) is 3.84. The summed E-state index contributed by atoms with van der Waals surface area (Å²) in [6.07, 6.45) is 0.332. The molecule has 0 heterocycles. The Balaban J connectivity index is 3.11. The second kappa shape index (κ2) is 5.77. The van der Waals surface area contributed by atoms with Crippen molar-refractivity contribution >= 4 is 17.2 Å². The van der Waals surface area contributed by atoms with Crippen LogP contribution in [0.25, 0.3) is 0 Å². The number of hydrogen-bond donors (Lipinski definition) is 0. The molecule has 1 rings (SSSR count). The van der Waals surface area contributed by atoms with Gasteiger partial charge in [-0.15, -0.1) is 0 Å². The lowest BCUT2D eigenvalue weighted by Crippen LogP contribution is -2.18. The van der Waals surface area contributed by atoms with E-state index in [0.29, 0.717) is 18.7 Å². The number of nitro benzene ring substituents is 1. The van der Waals surface area contributed by atoms with E-state index in [1.165, 1.54) is 19.1 Å². The smallest absolute Gasteiger partial charge is 0.282 e. The molecule has 0 aromatic heterocycles. The molecule has 0 aliphatic heterocycles. The highest BCUT2D eigenvalue weighted by Crippen LogP contribution is 2.25. The fraction of sp³-hybridized carbons (Fsp3) is 0.333. The van der Waals surface area contributed by atoms with Crippen LogP contribution in [0.2, 0.25) is 0 Å². The molecule has 0 saturated carbocycles. The molecule has 0 atom stereocenters. The van der Waals surface area contributed by atoms with Crippen LogP contribution in [-0.4, -0.2) is 24.3 Å². The van der Waals surface area contributed by atoms with Crippen molar-refractivity contribution in [3.8, 4) is 6.07 Å². The van der Waals surface area contributed by atoms with Crippen molar-refractivity contribution < 1.29 is 9.72 Å². The number of nitriles is 1. The first-order chi connectivity index (χ1) is 8.47. The fourth-order valence-electron chi connectivity index (χ4n) is 1.55. The van der Waals surface area contributed by atoms with Crippen LogP contribution in [0.4, 0.5) is 11.4 Å². The Morgan fingerprint density at radius 1 is 1.56 bits per heavy atom. The Bertz CT molecular complexity index is 520. The minimum atomic E-state index is -0.571. The van der Waals surface area contributed by atoms with E-state index < -0.39 is 4.92 Å². The molecule has 0 radical (unpaired) electrons. The van der Waals surface area contributed by atoms with E-state index >= 15 is 0 Å². The van der Waals surface area contributed by atoms with Crippen LogP contribution in [0.1, 0.15) is 23.7 Å². The Kier molecular flexibility index (Phi) is 4.38. The normalized spacial score (nSPS) is 9.61. The highest BCUT2D eigenvalue weighted by Gasteiger charge is 2.18. The van der Waals surface area contributed by atoms with Crippen molar-refractivity contribution in [2.75, 3.05) is 18.5 Å². The number of rotatable bonds is 5. The van der Waals surface area contributed by atoms with Crippen LogP contribution in [0, 0.1) is 21.4 Å². The van der Waals surface area contributed by atoms with E-state index in [9.17, 15) is 14.9 Å². The van der Waals surface area contributed by atoms with Gasteiger partial charge < -0.3 is 4.90 Å². The monoisotopic (exact) mass is 247 g/mol. The first kappa shape index (κ1) is 13.6. The molecule has 18 heavy (non-hydrogen) atoms. The quantitative estimate of drug-likeness (QED) is 0.452. The summed E-state index contributed by atoms with van der Waals surface area (Å²) in [4.78, 5) is 23.3. The largest absolute Gasteiger partial charge is 0.373 e. The summed E-state index contributed by atoms with van der Waals surface area (Å²) in [5.74, 6) is -0.340. The Hall–Kier alpha value is -2.42. The summed E-state index contributed by atoms with van der Waals surface area (Å²) in [5, 5.41) is 19.4. The predicted molar refractivity (Wildman–Crippen MR) is 66.6 cm³/mol. The average molecular weight is 247 g/mol. The summed E-state index contributed by atoms with van der Waals surface area (Å²) < 4.78 is 0. The highest BCUT2D eigenvalue weighted by atomic mass is 16.6. The topological polar surface area (TPSA) is 87.2 Å². The number of carbonyl (C=O) groups is 1. The van der Waals surface area contributed by atoms with E-state index in [-0.39, 0.29) is 17.0 Å².